The van der Waals surface area contributed by atoms with Crippen LogP contribution in [-0.4, -0.2) is 22.6 Å². The van der Waals surface area contributed by atoms with Gasteiger partial charge in [-0.15, -0.1) is 0 Å². The first-order valence-electron chi connectivity index (χ1n) is 5.36. The molecule has 4 heteroatoms. The van der Waals surface area contributed by atoms with Gasteiger partial charge < -0.3 is 10.5 Å². The highest BCUT2D eigenvalue weighted by atomic mass is 16.5. The lowest BCUT2D eigenvalue weighted by atomic mass is 9.82. The lowest BCUT2D eigenvalue weighted by Gasteiger charge is -2.33. The molecule has 82 valence electrons. The van der Waals surface area contributed by atoms with E-state index < -0.39 is 0 Å². The third-order valence-electron chi connectivity index (χ3n) is 2.98. The maximum atomic E-state index is 5.69. The number of hydrogen-bond donors (Lipinski definition) is 1. The topological polar surface area (TPSA) is 61.0 Å². The third kappa shape index (κ3) is 2.26. The molecule has 0 saturated heterocycles. The van der Waals surface area contributed by atoms with Gasteiger partial charge in [-0.3, -0.25) is 4.98 Å². The Morgan fingerprint density at radius 3 is 2.73 bits per heavy atom. The van der Waals surface area contributed by atoms with E-state index in [9.17, 15) is 0 Å². The second-order valence-corrected chi connectivity index (χ2v) is 4.19. The largest absolute Gasteiger partial charge is 0.473 e. The highest BCUT2D eigenvalue weighted by molar-refractivity contribution is 5.14. The van der Waals surface area contributed by atoms with Crippen molar-refractivity contribution in [2.75, 3.05) is 6.54 Å². The van der Waals surface area contributed by atoms with Gasteiger partial charge in [0, 0.05) is 0 Å². The smallest absolute Gasteiger partial charge is 0.232 e. The van der Waals surface area contributed by atoms with E-state index in [0.717, 1.165) is 30.8 Å². The zero-order chi connectivity index (χ0) is 10.8. The fourth-order valence-corrected chi connectivity index (χ4v) is 1.71. The van der Waals surface area contributed by atoms with Crippen LogP contribution in [0.25, 0.3) is 0 Å². The molecule has 0 aromatic carbocycles. The molecule has 2 N–H and O–H groups in total. The molecule has 15 heavy (non-hydrogen) atoms. The number of ether oxygens (including phenoxy) is 1. The molecule has 1 saturated carbocycles. The lowest BCUT2D eigenvalue weighted by Crippen LogP contribution is -2.38. The van der Waals surface area contributed by atoms with Crippen LogP contribution < -0.4 is 10.5 Å². The van der Waals surface area contributed by atoms with E-state index in [1.165, 1.54) is 0 Å². The van der Waals surface area contributed by atoms with Gasteiger partial charge in [0.15, 0.2) is 0 Å². The minimum Gasteiger partial charge on any atom is -0.473 e. The van der Waals surface area contributed by atoms with Crippen molar-refractivity contribution in [1.82, 2.24) is 9.97 Å². The van der Waals surface area contributed by atoms with Gasteiger partial charge in [0.05, 0.1) is 17.6 Å². The van der Waals surface area contributed by atoms with Gasteiger partial charge in [-0.2, -0.15) is 0 Å². The zero-order valence-electron chi connectivity index (χ0n) is 9.23. The van der Waals surface area contributed by atoms with Gasteiger partial charge in [0.1, 0.15) is 6.10 Å². The van der Waals surface area contributed by atoms with Gasteiger partial charge >= 0.3 is 0 Å². The van der Waals surface area contributed by atoms with Crippen LogP contribution in [0.4, 0.5) is 0 Å². The van der Waals surface area contributed by atoms with Crippen molar-refractivity contribution in [3.8, 4) is 5.88 Å². The van der Waals surface area contributed by atoms with E-state index in [-0.39, 0.29) is 6.10 Å². The molecular weight excluding hydrogens is 190 g/mol. The molecule has 0 atom stereocenters. The van der Waals surface area contributed by atoms with E-state index in [1.54, 1.807) is 6.20 Å². The molecule has 0 unspecified atom stereocenters. The molecule has 0 spiro atoms. The first kappa shape index (κ1) is 10.4. The van der Waals surface area contributed by atoms with Gasteiger partial charge in [-0.25, -0.2) is 4.98 Å². The number of aromatic nitrogens is 2. The lowest BCUT2D eigenvalue weighted by molar-refractivity contribution is 0.0643. The number of nitrogens with zero attached hydrogens (tertiary/aromatic N) is 2. The normalized spacial score (nSPS) is 24.7. The molecule has 1 aliphatic rings. The van der Waals surface area contributed by atoms with Crippen molar-refractivity contribution >= 4 is 0 Å². The molecule has 2 rings (SSSR count). The summed E-state index contributed by atoms with van der Waals surface area (Å²) in [5, 5.41) is 0. The summed E-state index contributed by atoms with van der Waals surface area (Å²) >= 11 is 0. The van der Waals surface area contributed by atoms with Crippen LogP contribution in [-0.2, 0) is 0 Å². The van der Waals surface area contributed by atoms with Crippen LogP contribution in [0.3, 0.4) is 0 Å². The Morgan fingerprint density at radius 1 is 1.40 bits per heavy atom. The predicted octanol–water partition coefficient (Wildman–Crippen LogP) is 1.21. The summed E-state index contributed by atoms with van der Waals surface area (Å²) in [5.41, 5.74) is 7.44. The molecule has 1 aromatic heterocycles. The molecule has 1 fully saturated rings. The Balaban J connectivity index is 1.92. The Kier molecular flexibility index (Phi) is 2.86. The summed E-state index contributed by atoms with van der Waals surface area (Å²) in [6.07, 6.45) is 4.07. The number of hydrogen-bond acceptors (Lipinski definition) is 4. The van der Waals surface area contributed by atoms with Crippen molar-refractivity contribution < 1.29 is 4.74 Å². The highest BCUT2D eigenvalue weighted by Crippen LogP contribution is 2.29. The molecule has 1 aliphatic carbocycles. The van der Waals surface area contributed by atoms with Crippen LogP contribution in [0, 0.1) is 19.8 Å². The first-order chi connectivity index (χ1) is 7.19. The Labute approximate surface area is 89.9 Å². The first-order valence-corrected chi connectivity index (χ1v) is 5.36. The summed E-state index contributed by atoms with van der Waals surface area (Å²) in [5.74, 6) is 1.27. The molecule has 0 radical (unpaired) electrons. The minimum absolute atomic E-state index is 0.287. The molecule has 1 heterocycles. The van der Waals surface area contributed by atoms with Gasteiger partial charge in [0.25, 0.3) is 0 Å². The third-order valence-corrected chi connectivity index (χ3v) is 2.98. The van der Waals surface area contributed by atoms with Gasteiger partial charge in [0.2, 0.25) is 5.88 Å². The quantitative estimate of drug-likeness (QED) is 0.809. The van der Waals surface area contributed by atoms with E-state index in [4.69, 9.17) is 10.5 Å². The molecule has 4 nitrogen and oxygen atoms in total. The number of rotatable bonds is 3. The van der Waals surface area contributed by atoms with Crippen LogP contribution in [0.2, 0.25) is 0 Å². The highest BCUT2D eigenvalue weighted by Gasteiger charge is 2.29. The summed E-state index contributed by atoms with van der Waals surface area (Å²) in [7, 11) is 0. The SMILES string of the molecule is Cc1ncc(OC2CC(CN)C2)nc1C. The van der Waals surface area contributed by atoms with Crippen molar-refractivity contribution in [2.24, 2.45) is 11.7 Å². The Hall–Kier alpha value is -1.16. The maximum Gasteiger partial charge on any atom is 0.232 e. The van der Waals surface area contributed by atoms with E-state index >= 15 is 0 Å². The fraction of sp³-hybridized carbons (Fsp3) is 0.636. The maximum absolute atomic E-state index is 5.69. The van der Waals surface area contributed by atoms with Crippen LogP contribution in [0.15, 0.2) is 6.20 Å². The standard InChI is InChI=1S/C11H17N3O/c1-7-8(2)14-11(6-13-7)15-10-3-9(4-10)5-12/h6,9-10H,3-5,12H2,1-2H3. The number of aryl methyl sites for hydroxylation is 2. The molecular formula is C11H17N3O. The number of nitrogens with two attached hydrogens (primary N) is 1. The Morgan fingerprint density at radius 2 is 2.13 bits per heavy atom. The Bertz CT molecular complexity index is 348. The summed E-state index contributed by atoms with van der Waals surface area (Å²) < 4.78 is 5.69. The minimum atomic E-state index is 0.287. The van der Waals surface area contributed by atoms with Crippen molar-refractivity contribution in [2.45, 2.75) is 32.8 Å². The van der Waals surface area contributed by atoms with Gasteiger partial charge in [-0.1, -0.05) is 0 Å². The summed E-state index contributed by atoms with van der Waals surface area (Å²) in [6, 6.07) is 0. The van der Waals surface area contributed by atoms with Gasteiger partial charge in [-0.05, 0) is 39.2 Å². The molecule has 0 aliphatic heterocycles. The van der Waals surface area contributed by atoms with E-state index in [1.807, 2.05) is 13.8 Å². The van der Waals surface area contributed by atoms with Crippen molar-refractivity contribution in [3.05, 3.63) is 17.6 Å². The average molecular weight is 207 g/mol. The second-order valence-electron chi connectivity index (χ2n) is 4.19. The molecule has 0 bridgehead atoms. The van der Waals surface area contributed by atoms with Crippen LogP contribution in [0.1, 0.15) is 24.2 Å². The predicted molar refractivity (Wildman–Crippen MR) is 57.7 cm³/mol. The average Bonchev–Trinajstić information content (AvgIpc) is 2.16. The second kappa shape index (κ2) is 4.14. The monoisotopic (exact) mass is 207 g/mol. The fourth-order valence-electron chi connectivity index (χ4n) is 1.71. The van der Waals surface area contributed by atoms with Crippen LogP contribution in [0.5, 0.6) is 5.88 Å². The summed E-state index contributed by atoms with van der Waals surface area (Å²) in [4.78, 5) is 8.55. The zero-order valence-corrected chi connectivity index (χ0v) is 9.23. The van der Waals surface area contributed by atoms with Crippen molar-refractivity contribution in [1.29, 1.82) is 0 Å². The van der Waals surface area contributed by atoms with E-state index in [2.05, 4.69) is 9.97 Å². The molecule has 0 amide bonds. The van der Waals surface area contributed by atoms with Crippen molar-refractivity contribution in [3.63, 3.8) is 0 Å². The summed E-state index contributed by atoms with van der Waals surface area (Å²) in [6.45, 7) is 4.65. The molecule has 1 aromatic rings. The van der Waals surface area contributed by atoms with E-state index in [0.29, 0.717) is 11.8 Å². The van der Waals surface area contributed by atoms with Crippen LogP contribution >= 0.6 is 0 Å².